The summed E-state index contributed by atoms with van der Waals surface area (Å²) in [7, 11) is 3.29. The van der Waals surface area contributed by atoms with E-state index in [4.69, 9.17) is 0 Å². The van der Waals surface area contributed by atoms with E-state index in [-0.39, 0.29) is 5.82 Å². The number of aromatic nitrogens is 1. The summed E-state index contributed by atoms with van der Waals surface area (Å²) in [6.45, 7) is 0.447. The van der Waals surface area contributed by atoms with Crippen molar-refractivity contribution in [2.45, 2.75) is 6.54 Å². The Morgan fingerprint density at radius 2 is 2.50 bits per heavy atom. The molecule has 0 atom stereocenters. The summed E-state index contributed by atoms with van der Waals surface area (Å²) in [6.07, 6.45) is 4.71. The van der Waals surface area contributed by atoms with Gasteiger partial charge in [0.25, 0.3) is 0 Å². The Morgan fingerprint density at radius 3 is 3.00 bits per heavy atom. The molecule has 0 aliphatic carbocycles. The standard InChI is InChI=1S/C10H14N4O2/c1-11-7-10(14(15)16)13(2)8-9-4-3-5-12-6-9/h3-7,11H,8H2,1-2H3. The number of nitrogens with zero attached hydrogens (tertiary/aromatic N) is 3. The SMILES string of the molecule is CNC=C(N(C)Cc1cccnc1)[N+](=O)[O-]. The van der Waals surface area contributed by atoms with Crippen molar-refractivity contribution in [3.8, 4) is 0 Å². The number of pyridine rings is 1. The van der Waals surface area contributed by atoms with E-state index < -0.39 is 4.92 Å². The fourth-order valence-electron chi connectivity index (χ4n) is 1.28. The zero-order valence-corrected chi connectivity index (χ0v) is 9.25. The molecule has 0 saturated heterocycles. The van der Waals surface area contributed by atoms with Gasteiger partial charge < -0.3 is 15.4 Å². The van der Waals surface area contributed by atoms with Crippen LogP contribution in [0.15, 0.2) is 36.5 Å². The zero-order valence-electron chi connectivity index (χ0n) is 9.25. The molecule has 0 spiro atoms. The van der Waals surface area contributed by atoms with E-state index in [9.17, 15) is 10.1 Å². The van der Waals surface area contributed by atoms with Crippen LogP contribution in [0.1, 0.15) is 5.56 Å². The smallest absolute Gasteiger partial charge is 0.334 e. The van der Waals surface area contributed by atoms with Crippen LogP contribution in [0.25, 0.3) is 0 Å². The van der Waals surface area contributed by atoms with Crippen molar-refractivity contribution in [1.82, 2.24) is 15.2 Å². The lowest BCUT2D eigenvalue weighted by atomic mass is 10.3. The molecule has 0 amide bonds. The molecule has 1 N–H and O–H groups in total. The molecule has 0 saturated carbocycles. The van der Waals surface area contributed by atoms with Crippen molar-refractivity contribution < 1.29 is 4.92 Å². The first-order chi connectivity index (χ1) is 7.65. The van der Waals surface area contributed by atoms with Crippen molar-refractivity contribution in [1.29, 1.82) is 0 Å². The van der Waals surface area contributed by atoms with Gasteiger partial charge in [0.2, 0.25) is 0 Å². The van der Waals surface area contributed by atoms with E-state index in [1.165, 1.54) is 6.20 Å². The minimum atomic E-state index is -0.424. The predicted octanol–water partition coefficient (Wildman–Crippen LogP) is 0.808. The summed E-state index contributed by atoms with van der Waals surface area (Å²) in [5, 5.41) is 13.4. The third kappa shape index (κ3) is 3.23. The van der Waals surface area contributed by atoms with E-state index in [0.29, 0.717) is 6.54 Å². The van der Waals surface area contributed by atoms with Gasteiger partial charge >= 0.3 is 5.82 Å². The van der Waals surface area contributed by atoms with E-state index in [0.717, 1.165) is 5.56 Å². The molecule has 6 nitrogen and oxygen atoms in total. The van der Waals surface area contributed by atoms with Crippen LogP contribution in [0.4, 0.5) is 0 Å². The van der Waals surface area contributed by atoms with Crippen LogP contribution in [-0.4, -0.2) is 28.9 Å². The van der Waals surface area contributed by atoms with Gasteiger partial charge in [-0.3, -0.25) is 9.88 Å². The maximum Gasteiger partial charge on any atom is 0.334 e. The van der Waals surface area contributed by atoms with Crippen LogP contribution in [0.5, 0.6) is 0 Å². The molecule has 0 radical (unpaired) electrons. The second-order valence-electron chi connectivity index (χ2n) is 3.27. The highest BCUT2D eigenvalue weighted by molar-refractivity contribution is 5.09. The molecule has 6 heteroatoms. The topological polar surface area (TPSA) is 71.3 Å². The Hall–Kier alpha value is -2.11. The van der Waals surface area contributed by atoms with Crippen molar-refractivity contribution in [3.05, 3.63) is 52.2 Å². The van der Waals surface area contributed by atoms with Crippen LogP contribution in [0.2, 0.25) is 0 Å². The first-order valence-corrected chi connectivity index (χ1v) is 4.77. The monoisotopic (exact) mass is 222 g/mol. The lowest BCUT2D eigenvalue weighted by Gasteiger charge is -2.13. The maximum atomic E-state index is 10.8. The predicted molar refractivity (Wildman–Crippen MR) is 59.8 cm³/mol. The molecule has 0 fully saturated rings. The largest absolute Gasteiger partial charge is 0.387 e. The molecule has 0 unspecified atom stereocenters. The third-order valence-electron chi connectivity index (χ3n) is 1.99. The van der Waals surface area contributed by atoms with E-state index in [2.05, 4.69) is 10.3 Å². The van der Waals surface area contributed by atoms with Gasteiger partial charge in [0.15, 0.2) is 0 Å². The lowest BCUT2D eigenvalue weighted by Crippen LogP contribution is -2.24. The summed E-state index contributed by atoms with van der Waals surface area (Å²) in [6, 6.07) is 3.68. The van der Waals surface area contributed by atoms with Gasteiger partial charge in [-0.1, -0.05) is 6.07 Å². The summed E-state index contributed by atoms with van der Waals surface area (Å²) in [4.78, 5) is 15.8. The molecule has 1 heterocycles. The lowest BCUT2D eigenvalue weighted by molar-refractivity contribution is -0.446. The maximum absolute atomic E-state index is 10.8. The summed E-state index contributed by atoms with van der Waals surface area (Å²) < 4.78 is 0. The summed E-state index contributed by atoms with van der Waals surface area (Å²) in [5.41, 5.74) is 0.925. The van der Waals surface area contributed by atoms with E-state index in [1.54, 1.807) is 37.5 Å². The first kappa shape index (κ1) is 12.0. The van der Waals surface area contributed by atoms with Gasteiger partial charge in [0.05, 0.1) is 13.2 Å². The minimum absolute atomic E-state index is 0.0198. The second kappa shape index (κ2) is 5.69. The second-order valence-corrected chi connectivity index (χ2v) is 3.27. The molecule has 0 aromatic carbocycles. The molecule has 0 aliphatic heterocycles. The molecule has 0 bridgehead atoms. The fraction of sp³-hybridized carbons (Fsp3) is 0.300. The summed E-state index contributed by atoms with van der Waals surface area (Å²) in [5.74, 6) is 0.0198. The molecular formula is C10H14N4O2. The van der Waals surface area contributed by atoms with Gasteiger partial charge in [0.1, 0.15) is 6.54 Å². The minimum Gasteiger partial charge on any atom is -0.387 e. The number of nitro groups is 1. The normalized spacial score (nSPS) is 11.0. The molecule has 0 aliphatic rings. The van der Waals surface area contributed by atoms with Crippen molar-refractivity contribution in [3.63, 3.8) is 0 Å². The van der Waals surface area contributed by atoms with Crippen molar-refractivity contribution in [2.75, 3.05) is 14.1 Å². The van der Waals surface area contributed by atoms with Crippen LogP contribution < -0.4 is 5.32 Å². The van der Waals surface area contributed by atoms with Gasteiger partial charge in [0, 0.05) is 25.0 Å². The number of hydrogen-bond acceptors (Lipinski definition) is 5. The molecule has 1 aromatic heterocycles. The Morgan fingerprint density at radius 1 is 1.75 bits per heavy atom. The van der Waals surface area contributed by atoms with Crippen molar-refractivity contribution >= 4 is 0 Å². The van der Waals surface area contributed by atoms with Gasteiger partial charge in [-0.15, -0.1) is 0 Å². The van der Waals surface area contributed by atoms with Gasteiger partial charge in [-0.05, 0) is 11.0 Å². The molecule has 1 aromatic rings. The Labute approximate surface area is 93.7 Å². The fourth-order valence-corrected chi connectivity index (χ4v) is 1.28. The molecule has 86 valence electrons. The number of nitrogens with one attached hydrogen (secondary N) is 1. The Bertz CT molecular complexity index is 378. The highest BCUT2D eigenvalue weighted by atomic mass is 16.6. The highest BCUT2D eigenvalue weighted by Gasteiger charge is 2.16. The Kier molecular flexibility index (Phi) is 4.26. The van der Waals surface area contributed by atoms with Crippen LogP contribution in [0.3, 0.4) is 0 Å². The number of hydrogen-bond donors (Lipinski definition) is 1. The van der Waals surface area contributed by atoms with Gasteiger partial charge in [-0.2, -0.15) is 0 Å². The van der Waals surface area contributed by atoms with E-state index in [1.807, 2.05) is 6.07 Å². The van der Waals surface area contributed by atoms with Crippen molar-refractivity contribution in [2.24, 2.45) is 0 Å². The van der Waals surface area contributed by atoms with Crippen LogP contribution in [-0.2, 0) is 6.54 Å². The number of rotatable bonds is 5. The molecular weight excluding hydrogens is 208 g/mol. The average molecular weight is 222 g/mol. The Balaban J connectivity index is 2.74. The molecule has 1 rings (SSSR count). The first-order valence-electron chi connectivity index (χ1n) is 4.77. The summed E-state index contributed by atoms with van der Waals surface area (Å²) >= 11 is 0. The van der Waals surface area contributed by atoms with Crippen LogP contribution in [0, 0.1) is 10.1 Å². The van der Waals surface area contributed by atoms with E-state index >= 15 is 0 Å². The quantitative estimate of drug-likeness (QED) is 0.589. The zero-order chi connectivity index (χ0) is 12.0. The van der Waals surface area contributed by atoms with Gasteiger partial charge in [-0.25, -0.2) is 0 Å². The highest BCUT2D eigenvalue weighted by Crippen LogP contribution is 2.07. The third-order valence-corrected chi connectivity index (χ3v) is 1.99. The van der Waals surface area contributed by atoms with Crippen LogP contribution >= 0.6 is 0 Å². The average Bonchev–Trinajstić information content (AvgIpc) is 2.26. The molecule has 16 heavy (non-hydrogen) atoms.